The van der Waals surface area contributed by atoms with E-state index in [4.69, 9.17) is 0 Å². The van der Waals surface area contributed by atoms with E-state index in [1.807, 2.05) is 6.08 Å². The summed E-state index contributed by atoms with van der Waals surface area (Å²) in [5.74, 6) is 0. The average molecular weight is 201 g/mol. The van der Waals surface area contributed by atoms with E-state index in [-0.39, 0.29) is 0 Å². The van der Waals surface area contributed by atoms with Gasteiger partial charge in [0.05, 0.1) is 0 Å². The molecule has 1 rings (SSSR count). The Balaban J connectivity index is 2.90. The van der Waals surface area contributed by atoms with Crippen molar-refractivity contribution in [3.63, 3.8) is 0 Å². The summed E-state index contributed by atoms with van der Waals surface area (Å²) < 4.78 is 3.48. The van der Waals surface area contributed by atoms with Crippen LogP contribution in [0.2, 0.25) is 0 Å². The number of benzene rings is 1. The quantitative estimate of drug-likeness (QED) is 0.580. The molecular weight excluding hydrogens is 186 g/mol. The van der Waals surface area contributed by atoms with Crippen molar-refractivity contribution in [2.45, 2.75) is 19.4 Å². The van der Waals surface area contributed by atoms with E-state index in [1.165, 1.54) is 11.1 Å². The fourth-order valence-corrected chi connectivity index (χ4v) is 2.40. The van der Waals surface area contributed by atoms with Crippen molar-refractivity contribution < 1.29 is 0 Å². The molecule has 1 aromatic rings. The van der Waals surface area contributed by atoms with Gasteiger partial charge in [-0.3, -0.25) is 0 Å². The molecule has 0 heterocycles. The second-order valence-corrected chi connectivity index (χ2v) is 4.12. The molecule has 0 aliphatic heterocycles. The monoisotopic (exact) mass is 201 g/mol. The van der Waals surface area contributed by atoms with Crippen molar-refractivity contribution >= 4 is 36.2 Å². The van der Waals surface area contributed by atoms with Crippen LogP contribution < -0.4 is 1.80 Å². The Bertz CT molecular complexity index is 283. The summed E-state index contributed by atoms with van der Waals surface area (Å²) in [6, 6.07) is 9.03. The molecule has 0 aliphatic rings. The van der Waals surface area contributed by atoms with Crippen LogP contribution >= 0.6 is 0 Å². The summed E-state index contributed by atoms with van der Waals surface area (Å²) in [5.41, 5.74) is 2.78. The third-order valence-electron chi connectivity index (χ3n) is 2.31. The molecular formula is C11H15CaN. The molecule has 66 valence electrons. The van der Waals surface area contributed by atoms with Gasteiger partial charge in [0.15, 0.2) is 0 Å². The van der Waals surface area contributed by atoms with E-state index in [1.54, 1.807) is 0 Å². The molecule has 0 spiro atoms. The Labute approximate surface area is 105 Å². The Morgan fingerprint density at radius 2 is 2.23 bits per heavy atom. The van der Waals surface area contributed by atoms with Crippen molar-refractivity contribution in [1.82, 2.24) is 1.80 Å². The van der Waals surface area contributed by atoms with E-state index < -0.39 is 0 Å². The summed E-state index contributed by atoms with van der Waals surface area (Å²) in [5, 5.41) is 0. The van der Waals surface area contributed by atoms with E-state index in [2.05, 4.69) is 39.6 Å². The molecule has 0 amide bonds. The predicted molar refractivity (Wildman–Crippen MR) is 59.0 cm³/mol. The summed E-state index contributed by atoms with van der Waals surface area (Å²) in [6.45, 7) is 5.95. The van der Waals surface area contributed by atoms with E-state index in [9.17, 15) is 0 Å². The Hall–Kier alpha value is 0.180. The van der Waals surface area contributed by atoms with Crippen molar-refractivity contribution in [3.05, 3.63) is 48.0 Å². The Morgan fingerprint density at radius 1 is 1.54 bits per heavy atom. The first-order valence-electron chi connectivity index (χ1n) is 4.63. The van der Waals surface area contributed by atoms with E-state index in [0.29, 0.717) is 42.2 Å². The maximum absolute atomic E-state index is 3.78. The molecule has 0 aliphatic carbocycles. The standard InChI is InChI=1S/C11H14N.Ca.H/c1-3-6-11(12)10-8-5-4-7-9(10)2;;/h3-5,7-8,11-12H,1,6H2,2H3;;/q-1;+1;. The second-order valence-electron chi connectivity index (χ2n) is 3.22. The summed E-state index contributed by atoms with van der Waals surface area (Å²) in [6.07, 6.45) is 3.00. The normalized spacial score (nSPS) is 12.3. The van der Waals surface area contributed by atoms with Crippen LogP contribution in [0.15, 0.2) is 36.9 Å². The van der Waals surface area contributed by atoms with Gasteiger partial charge in [-0.15, -0.1) is 0 Å². The van der Waals surface area contributed by atoms with Crippen LogP contribution in [-0.4, -0.2) is 36.2 Å². The predicted octanol–water partition coefficient (Wildman–Crippen LogP) is 2.02. The van der Waals surface area contributed by atoms with Gasteiger partial charge < -0.3 is 0 Å². The molecule has 0 saturated heterocycles. The first-order chi connectivity index (χ1) is 6.29. The summed E-state index contributed by atoms with van der Waals surface area (Å²) in [4.78, 5) is 0. The van der Waals surface area contributed by atoms with Gasteiger partial charge in [-0.2, -0.15) is 0 Å². The number of aryl methyl sites for hydroxylation is 1. The molecule has 1 unspecified atom stereocenters. The fraction of sp³-hybridized carbons (Fsp3) is 0.273. The molecule has 0 saturated carbocycles. The fourth-order valence-electron chi connectivity index (χ4n) is 1.54. The van der Waals surface area contributed by atoms with E-state index >= 15 is 0 Å². The summed E-state index contributed by atoms with van der Waals surface area (Å²) in [7, 11) is 0. The van der Waals surface area contributed by atoms with Gasteiger partial charge in [0, 0.05) is 0 Å². The molecule has 1 N–H and O–H groups in total. The zero-order valence-corrected chi connectivity index (χ0v) is 11.5. The number of rotatable bonds is 4. The molecule has 13 heavy (non-hydrogen) atoms. The molecule has 0 fully saturated rings. The zero-order chi connectivity index (χ0) is 9.68. The van der Waals surface area contributed by atoms with E-state index in [0.717, 1.165) is 6.42 Å². The van der Waals surface area contributed by atoms with Crippen molar-refractivity contribution in [1.29, 1.82) is 0 Å². The van der Waals surface area contributed by atoms with Crippen LogP contribution in [0.1, 0.15) is 23.6 Å². The molecule has 1 nitrogen and oxygen atoms in total. The van der Waals surface area contributed by atoms with Gasteiger partial charge in [0.25, 0.3) is 0 Å². The minimum atomic E-state index is 0.485. The molecule has 0 bridgehead atoms. The Morgan fingerprint density at radius 3 is 2.77 bits per heavy atom. The van der Waals surface area contributed by atoms with Gasteiger partial charge >= 0.3 is 105 Å². The van der Waals surface area contributed by atoms with Gasteiger partial charge in [0.2, 0.25) is 0 Å². The van der Waals surface area contributed by atoms with Gasteiger partial charge in [-0.1, -0.05) is 0 Å². The zero-order valence-electron chi connectivity index (χ0n) is 8.38. The Kier molecular flexibility index (Phi) is 5.03. The number of nitrogens with one attached hydrogen (secondary N) is 1. The van der Waals surface area contributed by atoms with Crippen LogP contribution in [0.25, 0.3) is 0 Å². The number of hydrogen-bond acceptors (Lipinski definition) is 1. The molecule has 2 heteroatoms. The van der Waals surface area contributed by atoms with Gasteiger partial charge in [-0.05, 0) is 0 Å². The molecule has 1 aromatic carbocycles. The molecule has 1 atom stereocenters. The van der Waals surface area contributed by atoms with Crippen LogP contribution in [0.3, 0.4) is 0 Å². The second kappa shape index (κ2) is 5.82. The molecule has 0 aromatic heterocycles. The topological polar surface area (TPSA) is 12.0 Å². The van der Waals surface area contributed by atoms with Crippen molar-refractivity contribution in [3.8, 4) is 0 Å². The van der Waals surface area contributed by atoms with Crippen LogP contribution in [0.5, 0.6) is 0 Å². The number of hydrogen-bond donors (Lipinski definition) is 1. The third kappa shape index (κ3) is 3.10. The van der Waals surface area contributed by atoms with Crippen molar-refractivity contribution in [2.75, 3.05) is 0 Å². The van der Waals surface area contributed by atoms with Crippen LogP contribution in [0, 0.1) is 6.92 Å². The average Bonchev–Trinajstić information content (AvgIpc) is 2.16. The molecule has 0 radical (unpaired) electrons. The first-order valence-corrected chi connectivity index (χ1v) is 6.19. The SMILES string of the molecule is C=CCC([NH][CaH])c1ccccc1C. The third-order valence-corrected chi connectivity index (χ3v) is 3.40. The first kappa shape index (κ1) is 11.3. The summed E-state index contributed by atoms with van der Waals surface area (Å²) >= 11 is 0.683. The van der Waals surface area contributed by atoms with Crippen LogP contribution in [-0.2, 0) is 0 Å². The maximum atomic E-state index is 3.78. The van der Waals surface area contributed by atoms with Crippen LogP contribution in [0.4, 0.5) is 0 Å². The van der Waals surface area contributed by atoms with Crippen molar-refractivity contribution in [2.24, 2.45) is 0 Å². The van der Waals surface area contributed by atoms with Gasteiger partial charge in [-0.25, -0.2) is 0 Å². The minimum absolute atomic E-state index is 0.485. The van der Waals surface area contributed by atoms with Gasteiger partial charge in [0.1, 0.15) is 0 Å².